The van der Waals surface area contributed by atoms with Gasteiger partial charge in [-0.2, -0.15) is 0 Å². The number of anilines is 2. The molecule has 3 rings (SSSR count). The van der Waals surface area contributed by atoms with Crippen LogP contribution in [-0.2, 0) is 17.8 Å². The number of aryl methyl sites for hydroxylation is 1. The van der Waals surface area contributed by atoms with Crippen molar-refractivity contribution in [3.8, 4) is 5.75 Å². The Morgan fingerprint density at radius 1 is 1.13 bits per heavy atom. The minimum absolute atomic E-state index is 0.0629. The zero-order valence-electron chi connectivity index (χ0n) is 16.3. The average molecular weight is 445 g/mol. The van der Waals surface area contributed by atoms with Crippen LogP contribution in [0.5, 0.6) is 5.75 Å². The molecule has 3 aromatic rings. The molecule has 1 aromatic heterocycles. The molecule has 0 aliphatic heterocycles. The van der Waals surface area contributed by atoms with Crippen LogP contribution >= 0.6 is 22.9 Å². The van der Waals surface area contributed by atoms with Gasteiger partial charge in [0.1, 0.15) is 5.75 Å². The van der Waals surface area contributed by atoms with Crippen LogP contribution in [-0.4, -0.2) is 24.0 Å². The highest BCUT2D eigenvalue weighted by Crippen LogP contribution is 2.18. The zero-order chi connectivity index (χ0) is 21.3. The smallest absolute Gasteiger partial charge is 0.325 e. The van der Waals surface area contributed by atoms with Crippen LogP contribution in [0.3, 0.4) is 0 Å². The standard InChI is InChI=1S/C21H21ClN4O3S/c1-29-18-8-5-14(6-9-18)12-23-19(27)10-7-17-13-30-21(25-17)26-20(28)24-16-4-2-3-15(22)11-16/h2-6,8-9,11,13H,7,10,12H2,1H3,(H,23,27)(H2,24,25,26,28). The highest BCUT2D eigenvalue weighted by atomic mass is 35.5. The lowest BCUT2D eigenvalue weighted by atomic mass is 10.2. The van der Waals surface area contributed by atoms with Crippen molar-refractivity contribution in [2.75, 3.05) is 17.7 Å². The Morgan fingerprint density at radius 2 is 1.93 bits per heavy atom. The molecule has 0 radical (unpaired) electrons. The highest BCUT2D eigenvalue weighted by molar-refractivity contribution is 7.13. The number of thiazole rings is 1. The minimum atomic E-state index is -0.407. The maximum atomic E-state index is 12.1. The molecule has 0 saturated carbocycles. The number of nitrogens with zero attached hydrogens (tertiary/aromatic N) is 1. The molecule has 2 aromatic carbocycles. The molecule has 0 atom stereocenters. The van der Waals surface area contributed by atoms with Crippen LogP contribution in [0.2, 0.25) is 5.02 Å². The van der Waals surface area contributed by atoms with Gasteiger partial charge in [0.05, 0.1) is 12.8 Å². The lowest BCUT2D eigenvalue weighted by Crippen LogP contribution is -2.23. The molecule has 9 heteroatoms. The van der Waals surface area contributed by atoms with Crippen molar-refractivity contribution >= 4 is 45.7 Å². The van der Waals surface area contributed by atoms with Crippen LogP contribution in [0.15, 0.2) is 53.9 Å². The van der Waals surface area contributed by atoms with Crippen LogP contribution in [0.25, 0.3) is 0 Å². The fourth-order valence-electron chi connectivity index (χ4n) is 2.58. The fraction of sp³-hybridized carbons (Fsp3) is 0.190. The Kier molecular flexibility index (Phi) is 7.64. The van der Waals surface area contributed by atoms with E-state index in [2.05, 4.69) is 20.9 Å². The molecule has 0 unspecified atom stereocenters. The number of halogens is 1. The molecule has 156 valence electrons. The molecule has 0 aliphatic carbocycles. The molecule has 0 saturated heterocycles. The summed E-state index contributed by atoms with van der Waals surface area (Å²) in [7, 11) is 1.61. The van der Waals surface area contributed by atoms with E-state index in [-0.39, 0.29) is 5.91 Å². The topological polar surface area (TPSA) is 92.4 Å². The van der Waals surface area contributed by atoms with Gasteiger partial charge in [0.15, 0.2) is 5.13 Å². The number of hydrogen-bond donors (Lipinski definition) is 3. The molecular weight excluding hydrogens is 424 g/mol. The number of carbonyl (C=O) groups is 2. The van der Waals surface area contributed by atoms with Gasteiger partial charge in [0.2, 0.25) is 5.91 Å². The van der Waals surface area contributed by atoms with Crippen molar-refractivity contribution in [2.24, 2.45) is 0 Å². The van der Waals surface area contributed by atoms with Crippen molar-refractivity contribution < 1.29 is 14.3 Å². The second-order valence-electron chi connectivity index (χ2n) is 6.36. The number of ether oxygens (including phenoxy) is 1. The monoisotopic (exact) mass is 444 g/mol. The first-order valence-corrected chi connectivity index (χ1v) is 10.4. The van der Waals surface area contributed by atoms with Crippen LogP contribution in [0.4, 0.5) is 15.6 Å². The Morgan fingerprint density at radius 3 is 2.67 bits per heavy atom. The summed E-state index contributed by atoms with van der Waals surface area (Å²) in [5.41, 5.74) is 2.33. The molecule has 0 fully saturated rings. The van der Waals surface area contributed by atoms with E-state index < -0.39 is 6.03 Å². The second kappa shape index (κ2) is 10.6. The molecule has 0 spiro atoms. The maximum absolute atomic E-state index is 12.1. The van der Waals surface area contributed by atoms with E-state index in [1.807, 2.05) is 29.6 Å². The van der Waals surface area contributed by atoms with Gasteiger partial charge >= 0.3 is 6.03 Å². The number of methoxy groups -OCH3 is 1. The van der Waals surface area contributed by atoms with Gasteiger partial charge in [-0.15, -0.1) is 11.3 Å². The number of benzene rings is 2. The Hall–Kier alpha value is -3.10. The SMILES string of the molecule is COc1ccc(CNC(=O)CCc2csc(NC(=O)Nc3cccc(Cl)c3)n2)cc1. The third-order valence-corrected chi connectivity index (χ3v) is 5.15. The van der Waals surface area contributed by atoms with Gasteiger partial charge in [0.25, 0.3) is 0 Å². The summed E-state index contributed by atoms with van der Waals surface area (Å²) >= 11 is 7.21. The summed E-state index contributed by atoms with van der Waals surface area (Å²) in [5.74, 6) is 0.714. The molecular formula is C21H21ClN4O3S. The van der Waals surface area contributed by atoms with Gasteiger partial charge < -0.3 is 15.4 Å². The van der Waals surface area contributed by atoms with Crippen LogP contribution in [0, 0.1) is 0 Å². The third kappa shape index (κ3) is 6.75. The molecule has 0 aliphatic rings. The predicted molar refractivity (Wildman–Crippen MR) is 119 cm³/mol. The molecule has 1 heterocycles. The molecule has 7 nitrogen and oxygen atoms in total. The van der Waals surface area contributed by atoms with Gasteiger partial charge in [0, 0.05) is 29.1 Å². The predicted octanol–water partition coefficient (Wildman–Crippen LogP) is 4.70. The van der Waals surface area contributed by atoms with Crippen molar-refractivity contribution in [3.63, 3.8) is 0 Å². The fourth-order valence-corrected chi connectivity index (χ4v) is 3.51. The minimum Gasteiger partial charge on any atom is -0.497 e. The van der Waals surface area contributed by atoms with Crippen LogP contribution in [0.1, 0.15) is 17.7 Å². The maximum Gasteiger partial charge on any atom is 0.325 e. The number of aromatic nitrogens is 1. The van der Waals surface area contributed by atoms with E-state index in [1.54, 1.807) is 31.4 Å². The third-order valence-electron chi connectivity index (χ3n) is 4.11. The summed E-state index contributed by atoms with van der Waals surface area (Å²) < 4.78 is 5.11. The van der Waals surface area contributed by atoms with E-state index in [1.165, 1.54) is 11.3 Å². The van der Waals surface area contributed by atoms with Crippen LogP contribution < -0.4 is 20.7 Å². The molecule has 30 heavy (non-hydrogen) atoms. The van der Waals surface area contributed by atoms with Gasteiger partial charge in [-0.05, 0) is 42.3 Å². The first-order chi connectivity index (χ1) is 14.5. The van der Waals surface area contributed by atoms with Crippen molar-refractivity contribution in [1.29, 1.82) is 0 Å². The number of hydrogen-bond acceptors (Lipinski definition) is 5. The zero-order valence-corrected chi connectivity index (χ0v) is 17.8. The normalized spacial score (nSPS) is 10.3. The van der Waals surface area contributed by atoms with E-state index >= 15 is 0 Å². The van der Waals surface area contributed by atoms with E-state index in [4.69, 9.17) is 16.3 Å². The first-order valence-electron chi connectivity index (χ1n) is 9.19. The van der Waals surface area contributed by atoms with Gasteiger partial charge in [-0.3, -0.25) is 10.1 Å². The largest absolute Gasteiger partial charge is 0.497 e. The van der Waals surface area contributed by atoms with E-state index in [0.717, 1.165) is 17.0 Å². The number of carbonyl (C=O) groups excluding carboxylic acids is 2. The van der Waals surface area contributed by atoms with Crippen molar-refractivity contribution in [2.45, 2.75) is 19.4 Å². The summed E-state index contributed by atoms with van der Waals surface area (Å²) in [4.78, 5) is 28.5. The van der Waals surface area contributed by atoms with Gasteiger partial charge in [-0.1, -0.05) is 29.8 Å². The van der Waals surface area contributed by atoms with E-state index in [9.17, 15) is 9.59 Å². The Bertz CT molecular complexity index is 1010. The molecule has 3 N–H and O–H groups in total. The second-order valence-corrected chi connectivity index (χ2v) is 7.65. The Labute approximate surface area is 183 Å². The van der Waals surface area contributed by atoms with E-state index in [0.29, 0.717) is 35.2 Å². The number of urea groups is 1. The van der Waals surface area contributed by atoms with Gasteiger partial charge in [-0.25, -0.2) is 9.78 Å². The highest BCUT2D eigenvalue weighted by Gasteiger charge is 2.09. The van der Waals surface area contributed by atoms with Crippen molar-refractivity contribution in [3.05, 3.63) is 70.2 Å². The average Bonchev–Trinajstić information content (AvgIpc) is 3.18. The summed E-state index contributed by atoms with van der Waals surface area (Å²) in [6.45, 7) is 0.455. The number of rotatable bonds is 8. The molecule has 0 bridgehead atoms. The summed E-state index contributed by atoms with van der Waals surface area (Å²) in [6.07, 6.45) is 0.802. The van der Waals surface area contributed by atoms with Crippen molar-refractivity contribution in [1.82, 2.24) is 10.3 Å². The number of nitrogens with one attached hydrogen (secondary N) is 3. The summed E-state index contributed by atoms with van der Waals surface area (Å²) in [6, 6.07) is 14.0. The lowest BCUT2D eigenvalue weighted by molar-refractivity contribution is -0.121. The Balaban J connectivity index is 1.41. The summed E-state index contributed by atoms with van der Waals surface area (Å²) in [5, 5.41) is 11.1. The first kappa shape index (κ1) is 21.6. The molecule has 3 amide bonds. The lowest BCUT2D eigenvalue weighted by Gasteiger charge is -2.06. The quantitative estimate of drug-likeness (QED) is 0.469. The number of amides is 3.